The van der Waals surface area contributed by atoms with Crippen LogP contribution in [0.1, 0.15) is 19.4 Å². The summed E-state index contributed by atoms with van der Waals surface area (Å²) in [5.74, 6) is -0.0963. The molecule has 116 valence electrons. The first-order valence-electron chi connectivity index (χ1n) is 6.39. The van der Waals surface area contributed by atoms with Crippen molar-refractivity contribution in [3.8, 4) is 0 Å². The van der Waals surface area contributed by atoms with Gasteiger partial charge in [0.05, 0.1) is 11.4 Å². The van der Waals surface area contributed by atoms with Gasteiger partial charge in [-0.05, 0) is 12.0 Å². The Hall–Kier alpha value is -1.51. The van der Waals surface area contributed by atoms with Crippen LogP contribution >= 0.6 is 12.2 Å². The van der Waals surface area contributed by atoms with E-state index < -0.39 is 10.0 Å². The molecule has 1 aromatic rings. The zero-order valence-corrected chi connectivity index (χ0v) is 13.6. The van der Waals surface area contributed by atoms with E-state index in [-0.39, 0.29) is 27.9 Å². The lowest BCUT2D eigenvalue weighted by Gasteiger charge is -2.11. The van der Waals surface area contributed by atoms with Gasteiger partial charge in [0.2, 0.25) is 15.9 Å². The van der Waals surface area contributed by atoms with Gasteiger partial charge in [-0.1, -0.05) is 44.3 Å². The van der Waals surface area contributed by atoms with E-state index in [1.54, 1.807) is 12.1 Å². The Balaban J connectivity index is 2.79. The van der Waals surface area contributed by atoms with Gasteiger partial charge < -0.3 is 11.1 Å². The second-order valence-electron chi connectivity index (χ2n) is 4.88. The molecule has 0 spiro atoms. The molecule has 0 saturated heterocycles. The van der Waals surface area contributed by atoms with Crippen LogP contribution in [0.5, 0.6) is 0 Å². The minimum absolute atomic E-state index is 0.0137. The fourth-order valence-electron chi connectivity index (χ4n) is 1.52. The monoisotopic (exact) mass is 329 g/mol. The fourth-order valence-corrected chi connectivity index (χ4v) is 2.97. The summed E-state index contributed by atoms with van der Waals surface area (Å²) in [7, 11) is -3.85. The van der Waals surface area contributed by atoms with E-state index in [9.17, 15) is 13.2 Å². The number of hydrogen-bond acceptors (Lipinski definition) is 4. The summed E-state index contributed by atoms with van der Waals surface area (Å²) in [5.41, 5.74) is 5.76. The Kier molecular flexibility index (Phi) is 6.25. The van der Waals surface area contributed by atoms with Crippen LogP contribution in [0.4, 0.5) is 0 Å². The summed E-state index contributed by atoms with van der Waals surface area (Å²) in [5, 5.41) is 2.63. The van der Waals surface area contributed by atoms with E-state index in [4.69, 9.17) is 18.0 Å². The first kappa shape index (κ1) is 17.5. The summed E-state index contributed by atoms with van der Waals surface area (Å²) < 4.78 is 26.6. The summed E-state index contributed by atoms with van der Waals surface area (Å²) in [6.45, 7) is 4.05. The SMILES string of the molecule is CC(C)CNC(=O)CNS(=O)(=O)c1ccccc1C(N)=S. The molecule has 0 bridgehead atoms. The summed E-state index contributed by atoms with van der Waals surface area (Å²) in [6.07, 6.45) is 0. The molecule has 0 aliphatic heterocycles. The average molecular weight is 329 g/mol. The number of amides is 1. The first-order chi connectivity index (χ1) is 9.74. The third kappa shape index (κ3) is 5.41. The number of thiocarbonyl (C=S) groups is 1. The molecule has 1 aromatic carbocycles. The highest BCUT2D eigenvalue weighted by molar-refractivity contribution is 7.89. The maximum Gasteiger partial charge on any atom is 0.241 e. The van der Waals surface area contributed by atoms with Crippen molar-refractivity contribution < 1.29 is 13.2 Å². The highest BCUT2D eigenvalue weighted by atomic mass is 32.2. The van der Waals surface area contributed by atoms with Crippen LogP contribution in [0, 0.1) is 5.92 Å². The van der Waals surface area contributed by atoms with Crippen LogP contribution < -0.4 is 15.8 Å². The van der Waals surface area contributed by atoms with Crippen LogP contribution in [0.25, 0.3) is 0 Å². The van der Waals surface area contributed by atoms with Gasteiger partial charge in [-0.25, -0.2) is 13.1 Å². The van der Waals surface area contributed by atoms with Crippen LogP contribution in [-0.4, -0.2) is 32.4 Å². The molecule has 1 rings (SSSR count). The van der Waals surface area contributed by atoms with Crippen molar-refractivity contribution in [1.29, 1.82) is 0 Å². The van der Waals surface area contributed by atoms with Crippen LogP contribution in [-0.2, 0) is 14.8 Å². The van der Waals surface area contributed by atoms with Gasteiger partial charge in [0.15, 0.2) is 0 Å². The van der Waals surface area contributed by atoms with Gasteiger partial charge >= 0.3 is 0 Å². The van der Waals surface area contributed by atoms with Crippen molar-refractivity contribution in [2.24, 2.45) is 11.7 Å². The van der Waals surface area contributed by atoms with Gasteiger partial charge in [-0.3, -0.25) is 4.79 Å². The van der Waals surface area contributed by atoms with E-state index in [1.165, 1.54) is 12.1 Å². The number of nitrogens with two attached hydrogens (primary N) is 1. The molecule has 0 heterocycles. The molecule has 6 nitrogen and oxygen atoms in total. The summed E-state index contributed by atoms with van der Waals surface area (Å²) >= 11 is 4.83. The van der Waals surface area contributed by atoms with Crippen molar-refractivity contribution in [1.82, 2.24) is 10.0 Å². The Morgan fingerprint density at radius 1 is 1.33 bits per heavy atom. The van der Waals surface area contributed by atoms with Crippen molar-refractivity contribution in [3.05, 3.63) is 29.8 Å². The predicted molar refractivity (Wildman–Crippen MR) is 85.4 cm³/mol. The molecule has 0 radical (unpaired) electrons. The largest absolute Gasteiger partial charge is 0.389 e. The second kappa shape index (κ2) is 7.48. The molecule has 8 heteroatoms. The summed E-state index contributed by atoms with van der Waals surface area (Å²) in [4.78, 5) is 11.5. The van der Waals surface area contributed by atoms with Gasteiger partial charge in [-0.2, -0.15) is 0 Å². The number of carbonyl (C=O) groups excluding carboxylic acids is 1. The molecule has 0 aromatic heterocycles. The molecule has 0 fully saturated rings. The van der Waals surface area contributed by atoms with E-state index in [0.717, 1.165) is 0 Å². The number of benzene rings is 1. The Bertz CT molecular complexity index is 627. The molecule has 21 heavy (non-hydrogen) atoms. The normalized spacial score (nSPS) is 11.4. The minimum atomic E-state index is -3.85. The molecule has 4 N–H and O–H groups in total. The zero-order chi connectivity index (χ0) is 16.0. The van der Waals surface area contributed by atoms with Crippen LogP contribution in [0.15, 0.2) is 29.2 Å². The third-order valence-electron chi connectivity index (χ3n) is 2.57. The Morgan fingerprint density at radius 2 is 1.95 bits per heavy atom. The molecule has 0 saturated carbocycles. The van der Waals surface area contributed by atoms with E-state index in [0.29, 0.717) is 12.5 Å². The molecule has 1 amide bonds. The average Bonchev–Trinajstić information content (AvgIpc) is 2.43. The smallest absolute Gasteiger partial charge is 0.241 e. The number of hydrogen-bond donors (Lipinski definition) is 3. The fraction of sp³-hybridized carbons (Fsp3) is 0.385. The number of carbonyl (C=O) groups is 1. The molecular formula is C13H19N3O3S2. The van der Waals surface area contributed by atoms with Crippen molar-refractivity contribution in [2.45, 2.75) is 18.7 Å². The van der Waals surface area contributed by atoms with Gasteiger partial charge in [0, 0.05) is 12.1 Å². The third-order valence-corrected chi connectivity index (χ3v) is 4.25. The molecular weight excluding hydrogens is 310 g/mol. The quantitative estimate of drug-likeness (QED) is 0.628. The second-order valence-corrected chi connectivity index (χ2v) is 7.06. The lowest BCUT2D eigenvalue weighted by molar-refractivity contribution is -0.120. The molecule has 0 aliphatic rings. The Morgan fingerprint density at radius 3 is 2.52 bits per heavy atom. The number of nitrogens with one attached hydrogen (secondary N) is 2. The Labute approximate surface area is 130 Å². The van der Waals surface area contributed by atoms with Gasteiger partial charge in [-0.15, -0.1) is 0 Å². The van der Waals surface area contributed by atoms with Crippen LogP contribution in [0.2, 0.25) is 0 Å². The molecule has 0 aliphatic carbocycles. The van der Waals surface area contributed by atoms with Crippen molar-refractivity contribution in [3.63, 3.8) is 0 Å². The maximum absolute atomic E-state index is 12.2. The highest BCUT2D eigenvalue weighted by Crippen LogP contribution is 2.14. The summed E-state index contributed by atoms with van der Waals surface area (Å²) in [6, 6.07) is 6.12. The van der Waals surface area contributed by atoms with E-state index >= 15 is 0 Å². The lowest BCUT2D eigenvalue weighted by Crippen LogP contribution is -2.38. The number of sulfonamides is 1. The molecule has 0 unspecified atom stereocenters. The number of rotatable bonds is 7. The van der Waals surface area contributed by atoms with Crippen LogP contribution in [0.3, 0.4) is 0 Å². The van der Waals surface area contributed by atoms with E-state index in [1.807, 2.05) is 13.8 Å². The minimum Gasteiger partial charge on any atom is -0.389 e. The van der Waals surface area contributed by atoms with Gasteiger partial charge in [0.1, 0.15) is 4.99 Å². The van der Waals surface area contributed by atoms with Crippen molar-refractivity contribution in [2.75, 3.05) is 13.1 Å². The van der Waals surface area contributed by atoms with Crippen molar-refractivity contribution >= 4 is 33.1 Å². The highest BCUT2D eigenvalue weighted by Gasteiger charge is 2.20. The topological polar surface area (TPSA) is 101 Å². The molecule has 0 atom stereocenters. The lowest BCUT2D eigenvalue weighted by atomic mass is 10.2. The predicted octanol–water partition coefficient (Wildman–Crippen LogP) is 0.371. The standard InChI is InChI=1S/C13H19N3O3S2/c1-9(2)7-15-12(17)8-16-21(18,19)11-6-4-3-5-10(11)13(14)20/h3-6,9,16H,7-8H2,1-2H3,(H2,14,20)(H,15,17). The van der Waals surface area contributed by atoms with Gasteiger partial charge in [0.25, 0.3) is 0 Å². The zero-order valence-electron chi connectivity index (χ0n) is 11.9. The maximum atomic E-state index is 12.2. The first-order valence-corrected chi connectivity index (χ1v) is 8.28. The van der Waals surface area contributed by atoms with E-state index in [2.05, 4.69) is 10.0 Å².